The number of hydrogen-bond acceptors (Lipinski definition) is 1. The second-order valence-corrected chi connectivity index (χ2v) is 5.50. The largest absolute Gasteiger partial charge is 0.478 e. The third-order valence-electron chi connectivity index (χ3n) is 4.27. The van der Waals surface area contributed by atoms with Gasteiger partial charge in [-0.05, 0) is 48.8 Å². The van der Waals surface area contributed by atoms with Crippen molar-refractivity contribution >= 4 is 5.97 Å². The maximum atomic E-state index is 10.8. The summed E-state index contributed by atoms with van der Waals surface area (Å²) in [5.74, 6) is 0.893. The highest BCUT2D eigenvalue weighted by Crippen LogP contribution is 2.32. The van der Waals surface area contributed by atoms with Crippen molar-refractivity contribution in [2.45, 2.75) is 45.4 Å². The molecular weight excluding hydrogens is 224 g/mol. The molecule has 2 rings (SSSR count). The van der Waals surface area contributed by atoms with Crippen LogP contribution in [-0.2, 0) is 6.42 Å². The van der Waals surface area contributed by atoms with Crippen molar-refractivity contribution in [2.75, 3.05) is 0 Å². The van der Waals surface area contributed by atoms with E-state index in [-0.39, 0.29) is 0 Å². The quantitative estimate of drug-likeness (QED) is 0.866. The molecule has 1 aliphatic carbocycles. The Labute approximate surface area is 109 Å². The van der Waals surface area contributed by atoms with E-state index in [0.717, 1.165) is 18.3 Å². The second kappa shape index (κ2) is 6.03. The standard InChI is InChI=1S/C16H22O2/c1-2-12-3-5-13(6-4-12)11-14-7-9-15(10-8-14)16(17)18/h7-10,12-13H,2-6,11H2,1H3,(H,17,18). The highest BCUT2D eigenvalue weighted by atomic mass is 16.4. The molecule has 1 aromatic carbocycles. The smallest absolute Gasteiger partial charge is 0.335 e. The molecule has 1 aromatic rings. The van der Waals surface area contributed by atoms with Gasteiger partial charge in [0.25, 0.3) is 0 Å². The number of carbonyl (C=O) groups is 1. The molecule has 0 spiro atoms. The summed E-state index contributed by atoms with van der Waals surface area (Å²) >= 11 is 0. The van der Waals surface area contributed by atoms with Crippen LogP contribution in [0.1, 0.15) is 54.9 Å². The van der Waals surface area contributed by atoms with Crippen molar-refractivity contribution in [3.63, 3.8) is 0 Å². The zero-order valence-corrected chi connectivity index (χ0v) is 11.1. The Balaban J connectivity index is 1.88. The van der Waals surface area contributed by atoms with Crippen molar-refractivity contribution in [3.8, 4) is 0 Å². The predicted octanol–water partition coefficient (Wildman–Crippen LogP) is 4.14. The molecule has 1 fully saturated rings. The first-order chi connectivity index (χ1) is 8.69. The fourth-order valence-corrected chi connectivity index (χ4v) is 2.96. The molecule has 1 N–H and O–H groups in total. The maximum Gasteiger partial charge on any atom is 0.335 e. The van der Waals surface area contributed by atoms with Crippen molar-refractivity contribution in [1.82, 2.24) is 0 Å². The Morgan fingerprint density at radius 1 is 1.11 bits per heavy atom. The lowest BCUT2D eigenvalue weighted by Crippen LogP contribution is -2.15. The van der Waals surface area contributed by atoms with Gasteiger partial charge in [0.1, 0.15) is 0 Å². The van der Waals surface area contributed by atoms with Crippen LogP contribution in [0.2, 0.25) is 0 Å². The van der Waals surface area contributed by atoms with E-state index >= 15 is 0 Å². The number of rotatable bonds is 4. The van der Waals surface area contributed by atoms with Gasteiger partial charge in [-0.3, -0.25) is 0 Å². The van der Waals surface area contributed by atoms with Crippen molar-refractivity contribution in [1.29, 1.82) is 0 Å². The summed E-state index contributed by atoms with van der Waals surface area (Å²) in [5.41, 5.74) is 1.66. The number of benzene rings is 1. The molecule has 0 radical (unpaired) electrons. The van der Waals surface area contributed by atoms with E-state index in [0.29, 0.717) is 5.56 Å². The summed E-state index contributed by atoms with van der Waals surface area (Å²) in [6.45, 7) is 2.29. The Kier molecular flexibility index (Phi) is 4.40. The van der Waals surface area contributed by atoms with Crippen LogP contribution in [-0.4, -0.2) is 11.1 Å². The van der Waals surface area contributed by atoms with Gasteiger partial charge in [-0.1, -0.05) is 38.3 Å². The second-order valence-electron chi connectivity index (χ2n) is 5.50. The van der Waals surface area contributed by atoms with E-state index in [1.54, 1.807) is 12.1 Å². The molecule has 0 aliphatic heterocycles. The first-order valence-electron chi connectivity index (χ1n) is 7.01. The molecule has 0 saturated heterocycles. The Morgan fingerprint density at radius 2 is 1.67 bits per heavy atom. The topological polar surface area (TPSA) is 37.3 Å². The molecule has 0 amide bonds. The minimum absolute atomic E-state index is 0.383. The van der Waals surface area contributed by atoms with Crippen LogP contribution in [0.4, 0.5) is 0 Å². The lowest BCUT2D eigenvalue weighted by Gasteiger charge is -2.27. The fraction of sp³-hybridized carbons (Fsp3) is 0.562. The minimum Gasteiger partial charge on any atom is -0.478 e. The van der Waals surface area contributed by atoms with E-state index in [1.807, 2.05) is 12.1 Å². The first-order valence-corrected chi connectivity index (χ1v) is 7.01. The molecule has 1 aliphatic rings. The van der Waals surface area contributed by atoms with Gasteiger partial charge < -0.3 is 5.11 Å². The van der Waals surface area contributed by atoms with E-state index in [9.17, 15) is 4.79 Å². The molecule has 0 unspecified atom stereocenters. The SMILES string of the molecule is CCC1CCC(Cc2ccc(C(=O)O)cc2)CC1. The predicted molar refractivity (Wildman–Crippen MR) is 72.8 cm³/mol. The zero-order chi connectivity index (χ0) is 13.0. The lowest BCUT2D eigenvalue weighted by atomic mass is 9.78. The Hall–Kier alpha value is -1.31. The minimum atomic E-state index is -0.843. The van der Waals surface area contributed by atoms with Gasteiger partial charge in [0.15, 0.2) is 0 Å². The molecule has 18 heavy (non-hydrogen) atoms. The van der Waals surface area contributed by atoms with Gasteiger partial charge in [0, 0.05) is 0 Å². The highest BCUT2D eigenvalue weighted by molar-refractivity contribution is 5.87. The average molecular weight is 246 g/mol. The van der Waals surface area contributed by atoms with Gasteiger partial charge in [-0.15, -0.1) is 0 Å². The van der Waals surface area contributed by atoms with E-state index in [2.05, 4.69) is 6.92 Å². The molecule has 0 heterocycles. The van der Waals surface area contributed by atoms with E-state index < -0.39 is 5.97 Å². The fourth-order valence-electron chi connectivity index (χ4n) is 2.96. The van der Waals surface area contributed by atoms with Gasteiger partial charge in [0.05, 0.1) is 5.56 Å². The highest BCUT2D eigenvalue weighted by Gasteiger charge is 2.20. The molecular formula is C16H22O2. The number of aromatic carboxylic acids is 1. The molecule has 2 heteroatoms. The number of carboxylic acid groups (broad SMARTS) is 1. The molecule has 1 saturated carbocycles. The summed E-state index contributed by atoms with van der Waals surface area (Å²) in [7, 11) is 0. The van der Waals surface area contributed by atoms with Crippen LogP contribution in [0.5, 0.6) is 0 Å². The van der Waals surface area contributed by atoms with Gasteiger partial charge >= 0.3 is 5.97 Å². The first kappa shape index (κ1) is 13.1. The van der Waals surface area contributed by atoms with E-state index in [1.165, 1.54) is 37.7 Å². The molecule has 98 valence electrons. The maximum absolute atomic E-state index is 10.8. The van der Waals surface area contributed by atoms with Crippen LogP contribution in [0.25, 0.3) is 0 Å². The summed E-state index contributed by atoms with van der Waals surface area (Å²) in [6, 6.07) is 7.37. The third kappa shape index (κ3) is 3.34. The molecule has 0 bridgehead atoms. The summed E-state index contributed by atoms with van der Waals surface area (Å²) in [6.07, 6.45) is 7.83. The summed E-state index contributed by atoms with van der Waals surface area (Å²) < 4.78 is 0. The Bertz CT molecular complexity index is 386. The van der Waals surface area contributed by atoms with Crippen LogP contribution >= 0.6 is 0 Å². The number of carboxylic acids is 1. The lowest BCUT2D eigenvalue weighted by molar-refractivity contribution is 0.0697. The normalized spacial score (nSPS) is 23.8. The monoisotopic (exact) mass is 246 g/mol. The average Bonchev–Trinajstić information content (AvgIpc) is 2.40. The van der Waals surface area contributed by atoms with Crippen LogP contribution in [0, 0.1) is 11.8 Å². The van der Waals surface area contributed by atoms with Crippen molar-refractivity contribution in [2.24, 2.45) is 11.8 Å². The van der Waals surface area contributed by atoms with Gasteiger partial charge in [-0.25, -0.2) is 4.79 Å². The van der Waals surface area contributed by atoms with Crippen molar-refractivity contribution in [3.05, 3.63) is 35.4 Å². The zero-order valence-electron chi connectivity index (χ0n) is 11.1. The molecule has 0 atom stereocenters. The Morgan fingerprint density at radius 3 is 2.17 bits per heavy atom. The van der Waals surface area contributed by atoms with Crippen LogP contribution < -0.4 is 0 Å². The third-order valence-corrected chi connectivity index (χ3v) is 4.27. The van der Waals surface area contributed by atoms with Crippen molar-refractivity contribution < 1.29 is 9.90 Å². The summed E-state index contributed by atoms with van der Waals surface area (Å²) in [5, 5.41) is 8.85. The summed E-state index contributed by atoms with van der Waals surface area (Å²) in [4.78, 5) is 10.8. The van der Waals surface area contributed by atoms with Gasteiger partial charge in [-0.2, -0.15) is 0 Å². The van der Waals surface area contributed by atoms with E-state index in [4.69, 9.17) is 5.11 Å². The molecule has 2 nitrogen and oxygen atoms in total. The molecule has 0 aromatic heterocycles. The van der Waals surface area contributed by atoms with Crippen LogP contribution in [0.3, 0.4) is 0 Å². The number of hydrogen-bond donors (Lipinski definition) is 1. The van der Waals surface area contributed by atoms with Crippen LogP contribution in [0.15, 0.2) is 24.3 Å². The van der Waals surface area contributed by atoms with Gasteiger partial charge in [0.2, 0.25) is 0 Å².